The predicted octanol–water partition coefficient (Wildman–Crippen LogP) is 3.99. The second-order valence-corrected chi connectivity index (χ2v) is 4.69. The van der Waals surface area contributed by atoms with Crippen molar-refractivity contribution in [3.8, 4) is 0 Å². The van der Waals surface area contributed by atoms with Gasteiger partial charge in [0.15, 0.2) is 0 Å². The second-order valence-electron chi connectivity index (χ2n) is 4.35. The Balaban J connectivity index is 2.53. The van der Waals surface area contributed by atoms with E-state index >= 15 is 0 Å². The van der Waals surface area contributed by atoms with E-state index in [1.165, 1.54) is 25.7 Å². The Kier molecular flexibility index (Phi) is 7.10. The summed E-state index contributed by atoms with van der Waals surface area (Å²) in [6.07, 6.45) is 8.94. The molecule has 1 aromatic rings. The van der Waals surface area contributed by atoms with Gasteiger partial charge < -0.3 is 0 Å². The van der Waals surface area contributed by atoms with Gasteiger partial charge in [0.05, 0.1) is 0 Å². The fourth-order valence-electron chi connectivity index (χ4n) is 1.73. The average Bonchev–Trinajstić information content (AvgIpc) is 2.29. The minimum absolute atomic E-state index is 0.345. The summed E-state index contributed by atoms with van der Waals surface area (Å²) in [5.74, 6) is 1.70. The van der Waals surface area contributed by atoms with Crippen LogP contribution in [0.2, 0.25) is 5.28 Å². The fraction of sp³-hybridized carbons (Fsp3) is 0.769. The van der Waals surface area contributed by atoms with Gasteiger partial charge >= 0.3 is 0 Å². The van der Waals surface area contributed by atoms with Gasteiger partial charge in [-0.25, -0.2) is 15.0 Å². The van der Waals surface area contributed by atoms with Crippen molar-refractivity contribution in [3.63, 3.8) is 0 Å². The van der Waals surface area contributed by atoms with Crippen molar-refractivity contribution in [2.45, 2.75) is 65.2 Å². The van der Waals surface area contributed by atoms with Crippen LogP contribution in [0.1, 0.15) is 64.0 Å². The minimum Gasteiger partial charge on any atom is -0.218 e. The van der Waals surface area contributed by atoms with Crippen LogP contribution in [0.4, 0.5) is 0 Å². The lowest BCUT2D eigenvalue weighted by atomic mass is 10.2. The van der Waals surface area contributed by atoms with E-state index in [1.807, 2.05) is 0 Å². The summed E-state index contributed by atoms with van der Waals surface area (Å²) >= 11 is 5.91. The van der Waals surface area contributed by atoms with E-state index < -0.39 is 0 Å². The highest BCUT2D eigenvalue weighted by Crippen LogP contribution is 2.08. The molecule has 0 fully saturated rings. The monoisotopic (exact) mass is 255 g/mol. The summed E-state index contributed by atoms with van der Waals surface area (Å²) in [6.45, 7) is 4.38. The first kappa shape index (κ1) is 14.4. The number of hydrogen-bond acceptors (Lipinski definition) is 3. The van der Waals surface area contributed by atoms with E-state index in [-0.39, 0.29) is 0 Å². The molecular weight excluding hydrogens is 234 g/mol. The number of hydrogen-bond donors (Lipinski definition) is 0. The molecule has 0 aliphatic heterocycles. The Morgan fingerprint density at radius 2 is 1.24 bits per heavy atom. The molecule has 96 valence electrons. The minimum atomic E-state index is 0.345. The quantitative estimate of drug-likeness (QED) is 0.660. The van der Waals surface area contributed by atoms with Gasteiger partial charge in [-0.1, -0.05) is 39.5 Å². The van der Waals surface area contributed by atoms with Crippen molar-refractivity contribution in [1.29, 1.82) is 0 Å². The molecule has 4 heteroatoms. The lowest BCUT2D eigenvalue weighted by molar-refractivity contribution is 0.659. The zero-order valence-corrected chi connectivity index (χ0v) is 11.6. The predicted molar refractivity (Wildman–Crippen MR) is 71.3 cm³/mol. The van der Waals surface area contributed by atoms with Crippen LogP contribution < -0.4 is 0 Å². The van der Waals surface area contributed by atoms with Crippen LogP contribution in [-0.4, -0.2) is 15.0 Å². The van der Waals surface area contributed by atoms with Crippen LogP contribution >= 0.6 is 11.6 Å². The standard InChI is InChI=1S/C13H22ClN3/c1-3-5-7-9-11-15-12(10-8-6-4-2)17-13(14)16-11/h3-10H2,1-2H3. The number of unbranched alkanes of at least 4 members (excludes halogenated alkanes) is 4. The molecule has 0 saturated carbocycles. The third-order valence-corrected chi connectivity index (χ3v) is 2.88. The number of aromatic nitrogens is 3. The molecule has 0 aliphatic rings. The lowest BCUT2D eigenvalue weighted by Gasteiger charge is -2.03. The summed E-state index contributed by atoms with van der Waals surface area (Å²) < 4.78 is 0. The third kappa shape index (κ3) is 5.97. The Morgan fingerprint density at radius 3 is 1.65 bits per heavy atom. The molecule has 0 spiro atoms. The molecule has 0 bridgehead atoms. The van der Waals surface area contributed by atoms with Gasteiger partial charge in [-0.3, -0.25) is 0 Å². The summed E-state index contributed by atoms with van der Waals surface area (Å²) in [7, 11) is 0. The number of rotatable bonds is 8. The molecule has 0 unspecified atom stereocenters. The van der Waals surface area contributed by atoms with Crippen molar-refractivity contribution >= 4 is 11.6 Å². The van der Waals surface area contributed by atoms with Crippen LogP contribution in [0, 0.1) is 0 Å². The molecular formula is C13H22ClN3. The maximum atomic E-state index is 5.91. The third-order valence-electron chi connectivity index (χ3n) is 2.71. The first-order chi connectivity index (χ1) is 8.26. The Morgan fingerprint density at radius 1 is 0.765 bits per heavy atom. The first-order valence-corrected chi connectivity index (χ1v) is 7.03. The Bertz CT molecular complexity index is 300. The topological polar surface area (TPSA) is 38.7 Å². The molecule has 1 aromatic heterocycles. The molecule has 0 amide bonds. The average molecular weight is 256 g/mol. The zero-order valence-electron chi connectivity index (χ0n) is 10.9. The normalized spacial score (nSPS) is 10.8. The van der Waals surface area contributed by atoms with Gasteiger partial charge in [0.25, 0.3) is 0 Å². The van der Waals surface area contributed by atoms with Crippen LogP contribution in [0.3, 0.4) is 0 Å². The van der Waals surface area contributed by atoms with Crippen LogP contribution in [-0.2, 0) is 12.8 Å². The van der Waals surface area contributed by atoms with Gasteiger partial charge in [0.1, 0.15) is 11.6 Å². The molecule has 0 aromatic carbocycles. The maximum Gasteiger partial charge on any atom is 0.225 e. The van der Waals surface area contributed by atoms with Gasteiger partial charge in [0, 0.05) is 12.8 Å². The van der Waals surface area contributed by atoms with Gasteiger partial charge in [-0.2, -0.15) is 0 Å². The van der Waals surface area contributed by atoms with Crippen molar-refractivity contribution < 1.29 is 0 Å². The van der Waals surface area contributed by atoms with E-state index in [2.05, 4.69) is 28.8 Å². The molecule has 17 heavy (non-hydrogen) atoms. The van der Waals surface area contributed by atoms with Crippen LogP contribution in [0.5, 0.6) is 0 Å². The molecule has 1 rings (SSSR count). The van der Waals surface area contributed by atoms with Crippen molar-refractivity contribution in [3.05, 3.63) is 16.9 Å². The highest BCUT2D eigenvalue weighted by molar-refractivity contribution is 6.28. The second kappa shape index (κ2) is 8.40. The summed E-state index contributed by atoms with van der Waals surface area (Å²) in [5, 5.41) is 0.345. The Hall–Kier alpha value is -0.700. The fourth-order valence-corrected chi connectivity index (χ4v) is 1.92. The SMILES string of the molecule is CCCCCc1nc(Cl)nc(CCCCC)n1. The first-order valence-electron chi connectivity index (χ1n) is 6.65. The molecule has 0 aliphatic carbocycles. The summed E-state index contributed by atoms with van der Waals surface area (Å²) in [4.78, 5) is 12.8. The van der Waals surface area contributed by atoms with E-state index in [1.54, 1.807) is 0 Å². The van der Waals surface area contributed by atoms with E-state index in [9.17, 15) is 0 Å². The van der Waals surface area contributed by atoms with E-state index in [0.717, 1.165) is 37.3 Å². The van der Waals surface area contributed by atoms with Gasteiger partial charge in [0.2, 0.25) is 5.28 Å². The molecule has 0 atom stereocenters. The maximum absolute atomic E-state index is 5.91. The Labute approximate surface area is 109 Å². The number of aryl methyl sites for hydroxylation is 2. The molecule has 3 nitrogen and oxygen atoms in total. The highest BCUT2D eigenvalue weighted by Gasteiger charge is 2.04. The van der Waals surface area contributed by atoms with Crippen molar-refractivity contribution in [2.24, 2.45) is 0 Å². The van der Waals surface area contributed by atoms with Crippen LogP contribution in [0.25, 0.3) is 0 Å². The van der Waals surface area contributed by atoms with Gasteiger partial charge in [-0.15, -0.1) is 0 Å². The number of nitrogens with zero attached hydrogens (tertiary/aromatic N) is 3. The highest BCUT2D eigenvalue weighted by atomic mass is 35.5. The number of halogens is 1. The van der Waals surface area contributed by atoms with Crippen molar-refractivity contribution in [2.75, 3.05) is 0 Å². The summed E-state index contributed by atoms with van der Waals surface area (Å²) in [5.41, 5.74) is 0. The van der Waals surface area contributed by atoms with E-state index in [4.69, 9.17) is 11.6 Å². The largest absolute Gasteiger partial charge is 0.225 e. The van der Waals surface area contributed by atoms with E-state index in [0.29, 0.717) is 5.28 Å². The molecule has 0 N–H and O–H groups in total. The van der Waals surface area contributed by atoms with Gasteiger partial charge in [-0.05, 0) is 24.4 Å². The van der Waals surface area contributed by atoms with Crippen molar-refractivity contribution in [1.82, 2.24) is 15.0 Å². The smallest absolute Gasteiger partial charge is 0.218 e. The van der Waals surface area contributed by atoms with Crippen LogP contribution in [0.15, 0.2) is 0 Å². The molecule has 1 heterocycles. The zero-order chi connectivity index (χ0) is 12.5. The summed E-state index contributed by atoms with van der Waals surface area (Å²) in [6, 6.07) is 0. The molecule has 0 saturated heterocycles. The molecule has 0 radical (unpaired) electrons. The lowest BCUT2D eigenvalue weighted by Crippen LogP contribution is -2.04.